The third-order valence-corrected chi connectivity index (χ3v) is 2.97. The molecular formula is C13H19N3O2. The number of benzene rings is 1. The van der Waals surface area contributed by atoms with Crippen LogP contribution >= 0.6 is 0 Å². The standard InChI is InChI=1S/C13H19N3O2/c1-18-9-6-10(14)13-15-11-4-2-3-5-12(11)16(13)7-8-17/h2-5,10,17H,6-9,14H2,1H3. The Morgan fingerprint density at radius 3 is 2.94 bits per heavy atom. The fourth-order valence-corrected chi connectivity index (χ4v) is 2.09. The number of imidazole rings is 1. The lowest BCUT2D eigenvalue weighted by atomic mass is 10.2. The molecule has 1 aromatic carbocycles. The van der Waals surface area contributed by atoms with Gasteiger partial charge in [0.15, 0.2) is 0 Å². The Kier molecular flexibility index (Phi) is 4.30. The Balaban J connectivity index is 2.38. The molecule has 1 atom stereocenters. The van der Waals surface area contributed by atoms with Crippen LogP contribution in [-0.2, 0) is 11.3 Å². The van der Waals surface area contributed by atoms with Crippen LogP contribution in [-0.4, -0.2) is 35.0 Å². The van der Waals surface area contributed by atoms with Crippen molar-refractivity contribution in [2.75, 3.05) is 20.3 Å². The molecule has 0 aliphatic heterocycles. The largest absolute Gasteiger partial charge is 0.395 e. The summed E-state index contributed by atoms with van der Waals surface area (Å²) in [5.41, 5.74) is 8.05. The van der Waals surface area contributed by atoms with Crippen molar-refractivity contribution in [3.8, 4) is 0 Å². The van der Waals surface area contributed by atoms with Gasteiger partial charge in [0.2, 0.25) is 0 Å². The second-order valence-electron chi connectivity index (χ2n) is 4.22. The number of aliphatic hydroxyl groups excluding tert-OH is 1. The molecule has 2 rings (SSSR count). The highest BCUT2D eigenvalue weighted by Gasteiger charge is 2.16. The van der Waals surface area contributed by atoms with Gasteiger partial charge in [-0.2, -0.15) is 0 Å². The van der Waals surface area contributed by atoms with Crippen molar-refractivity contribution in [1.82, 2.24) is 9.55 Å². The summed E-state index contributed by atoms with van der Waals surface area (Å²) >= 11 is 0. The van der Waals surface area contributed by atoms with Gasteiger partial charge in [-0.05, 0) is 18.6 Å². The Hall–Kier alpha value is -1.43. The van der Waals surface area contributed by atoms with E-state index in [4.69, 9.17) is 15.6 Å². The van der Waals surface area contributed by atoms with Crippen LogP contribution in [0.25, 0.3) is 11.0 Å². The number of rotatable bonds is 6. The van der Waals surface area contributed by atoms with Gasteiger partial charge in [-0.3, -0.25) is 0 Å². The van der Waals surface area contributed by atoms with Crippen molar-refractivity contribution >= 4 is 11.0 Å². The van der Waals surface area contributed by atoms with Gasteiger partial charge in [-0.25, -0.2) is 4.98 Å². The van der Waals surface area contributed by atoms with Crippen LogP contribution in [0.1, 0.15) is 18.3 Å². The van der Waals surface area contributed by atoms with Crippen LogP contribution in [0.5, 0.6) is 0 Å². The smallest absolute Gasteiger partial charge is 0.127 e. The monoisotopic (exact) mass is 249 g/mol. The van der Waals surface area contributed by atoms with E-state index in [1.54, 1.807) is 7.11 Å². The maximum absolute atomic E-state index is 9.17. The number of nitrogens with zero attached hydrogens (tertiary/aromatic N) is 2. The molecule has 0 fully saturated rings. The molecule has 0 aliphatic carbocycles. The summed E-state index contributed by atoms with van der Waals surface area (Å²) in [5, 5.41) is 9.17. The fraction of sp³-hybridized carbons (Fsp3) is 0.462. The van der Waals surface area contributed by atoms with Crippen LogP contribution in [0.2, 0.25) is 0 Å². The van der Waals surface area contributed by atoms with Gasteiger partial charge in [0.05, 0.1) is 23.7 Å². The van der Waals surface area contributed by atoms with Crippen molar-refractivity contribution in [2.24, 2.45) is 5.73 Å². The normalized spacial score (nSPS) is 13.1. The first-order valence-electron chi connectivity index (χ1n) is 6.08. The van der Waals surface area contributed by atoms with Gasteiger partial charge in [-0.1, -0.05) is 12.1 Å². The van der Waals surface area contributed by atoms with E-state index in [-0.39, 0.29) is 12.6 Å². The van der Waals surface area contributed by atoms with Crippen molar-refractivity contribution in [2.45, 2.75) is 19.0 Å². The molecule has 0 spiro atoms. The molecule has 1 unspecified atom stereocenters. The quantitative estimate of drug-likeness (QED) is 0.803. The van der Waals surface area contributed by atoms with Crippen molar-refractivity contribution in [1.29, 1.82) is 0 Å². The van der Waals surface area contributed by atoms with Gasteiger partial charge < -0.3 is 20.1 Å². The van der Waals surface area contributed by atoms with Crippen molar-refractivity contribution in [3.05, 3.63) is 30.1 Å². The van der Waals surface area contributed by atoms with Gasteiger partial charge in [0, 0.05) is 20.3 Å². The molecule has 1 aromatic heterocycles. The molecule has 1 heterocycles. The van der Waals surface area contributed by atoms with Gasteiger partial charge in [0.1, 0.15) is 5.82 Å². The summed E-state index contributed by atoms with van der Waals surface area (Å²) in [6.07, 6.45) is 0.714. The third-order valence-electron chi connectivity index (χ3n) is 2.97. The van der Waals surface area contributed by atoms with E-state index in [9.17, 15) is 0 Å². The highest BCUT2D eigenvalue weighted by molar-refractivity contribution is 5.76. The average Bonchev–Trinajstić information content (AvgIpc) is 2.76. The van der Waals surface area contributed by atoms with Crippen LogP contribution in [0.4, 0.5) is 0 Å². The Bertz CT molecular complexity index is 510. The van der Waals surface area contributed by atoms with E-state index in [0.717, 1.165) is 16.9 Å². The first-order chi connectivity index (χ1) is 8.77. The minimum Gasteiger partial charge on any atom is -0.395 e. The van der Waals surface area contributed by atoms with E-state index in [1.807, 2.05) is 28.8 Å². The lowest BCUT2D eigenvalue weighted by molar-refractivity contribution is 0.186. The first-order valence-corrected chi connectivity index (χ1v) is 6.08. The fourth-order valence-electron chi connectivity index (χ4n) is 2.09. The van der Waals surface area contributed by atoms with E-state index in [2.05, 4.69) is 4.98 Å². The number of aromatic nitrogens is 2. The minimum atomic E-state index is -0.177. The van der Waals surface area contributed by atoms with Crippen molar-refractivity contribution in [3.63, 3.8) is 0 Å². The zero-order valence-electron chi connectivity index (χ0n) is 10.5. The van der Waals surface area contributed by atoms with Crippen LogP contribution < -0.4 is 5.73 Å². The number of hydrogen-bond acceptors (Lipinski definition) is 4. The Morgan fingerprint density at radius 2 is 2.22 bits per heavy atom. The molecule has 0 aliphatic rings. The topological polar surface area (TPSA) is 73.3 Å². The average molecular weight is 249 g/mol. The van der Waals surface area contributed by atoms with Gasteiger partial charge >= 0.3 is 0 Å². The number of ether oxygens (including phenoxy) is 1. The summed E-state index contributed by atoms with van der Waals surface area (Å²) in [6, 6.07) is 7.68. The van der Waals surface area contributed by atoms with Gasteiger partial charge in [-0.15, -0.1) is 0 Å². The highest BCUT2D eigenvalue weighted by atomic mass is 16.5. The summed E-state index contributed by atoms with van der Waals surface area (Å²) in [4.78, 5) is 4.56. The zero-order chi connectivity index (χ0) is 13.0. The first kappa shape index (κ1) is 13.0. The molecule has 18 heavy (non-hydrogen) atoms. The molecule has 0 saturated heterocycles. The van der Waals surface area contributed by atoms with E-state index < -0.39 is 0 Å². The number of methoxy groups -OCH3 is 1. The number of hydrogen-bond donors (Lipinski definition) is 2. The number of fused-ring (bicyclic) bond motifs is 1. The molecule has 3 N–H and O–H groups in total. The lowest BCUT2D eigenvalue weighted by Crippen LogP contribution is -2.19. The molecule has 5 heteroatoms. The molecule has 0 bridgehead atoms. The molecule has 98 valence electrons. The van der Waals surface area contributed by atoms with Crippen LogP contribution in [0, 0.1) is 0 Å². The van der Waals surface area contributed by atoms with E-state index >= 15 is 0 Å². The predicted molar refractivity (Wildman–Crippen MR) is 70.2 cm³/mol. The molecule has 0 saturated carbocycles. The second-order valence-corrected chi connectivity index (χ2v) is 4.22. The van der Waals surface area contributed by atoms with Crippen LogP contribution in [0.3, 0.4) is 0 Å². The minimum absolute atomic E-state index is 0.0738. The summed E-state index contributed by atoms with van der Waals surface area (Å²) < 4.78 is 7.02. The molecule has 5 nitrogen and oxygen atoms in total. The zero-order valence-corrected chi connectivity index (χ0v) is 10.5. The van der Waals surface area contributed by atoms with E-state index in [0.29, 0.717) is 19.6 Å². The molecular weight excluding hydrogens is 230 g/mol. The van der Waals surface area contributed by atoms with Crippen LogP contribution in [0.15, 0.2) is 24.3 Å². The summed E-state index contributed by atoms with van der Waals surface area (Å²) in [6.45, 7) is 1.18. The maximum Gasteiger partial charge on any atom is 0.127 e. The van der Waals surface area contributed by atoms with E-state index in [1.165, 1.54) is 0 Å². The number of aliphatic hydroxyl groups is 1. The second kappa shape index (κ2) is 5.95. The maximum atomic E-state index is 9.17. The summed E-state index contributed by atoms with van der Waals surface area (Å²) in [7, 11) is 1.66. The molecule has 0 radical (unpaired) electrons. The number of para-hydroxylation sites is 2. The molecule has 2 aromatic rings. The number of nitrogens with two attached hydrogens (primary N) is 1. The molecule has 0 amide bonds. The highest BCUT2D eigenvalue weighted by Crippen LogP contribution is 2.21. The van der Waals surface area contributed by atoms with Crippen molar-refractivity contribution < 1.29 is 9.84 Å². The third kappa shape index (κ3) is 2.53. The lowest BCUT2D eigenvalue weighted by Gasteiger charge is -2.13. The van der Waals surface area contributed by atoms with Gasteiger partial charge in [0.25, 0.3) is 0 Å². The predicted octanol–water partition coefficient (Wildman–Crippen LogP) is 1.06. The summed E-state index contributed by atoms with van der Waals surface area (Å²) in [5.74, 6) is 0.808. The Labute approximate surface area is 106 Å². The SMILES string of the molecule is COCCC(N)c1nc2ccccc2n1CCO. The Morgan fingerprint density at radius 1 is 1.44 bits per heavy atom.